The van der Waals surface area contributed by atoms with Crippen LogP contribution in [0.1, 0.15) is 41.0 Å². The molecule has 0 aliphatic carbocycles. The Hall–Kier alpha value is -3.30. The standard InChI is InChI=1S/C22H21N5O/c23-14-16-8-10-17(11-9-16)22(28)26-21-18-6-2-3-7-19(18)24-20(25-21)15-27-12-4-1-5-13-27/h2-3,6-11H,1,4-5,12-13,15H2,(H,24,25,26,28). The van der Waals surface area contributed by atoms with E-state index in [9.17, 15) is 4.79 Å². The van der Waals surface area contributed by atoms with E-state index < -0.39 is 0 Å². The van der Waals surface area contributed by atoms with Crippen LogP contribution in [-0.2, 0) is 6.54 Å². The summed E-state index contributed by atoms with van der Waals surface area (Å²) in [5.74, 6) is 0.986. The fraction of sp³-hybridized carbons (Fsp3) is 0.273. The molecular weight excluding hydrogens is 350 g/mol. The summed E-state index contributed by atoms with van der Waals surface area (Å²) >= 11 is 0. The molecule has 3 aromatic rings. The van der Waals surface area contributed by atoms with Crippen molar-refractivity contribution < 1.29 is 4.79 Å². The average Bonchev–Trinajstić information content (AvgIpc) is 2.74. The van der Waals surface area contributed by atoms with Gasteiger partial charge in [0.1, 0.15) is 11.6 Å². The van der Waals surface area contributed by atoms with Gasteiger partial charge in [-0.15, -0.1) is 0 Å². The monoisotopic (exact) mass is 371 g/mol. The van der Waals surface area contributed by atoms with E-state index in [4.69, 9.17) is 10.2 Å². The van der Waals surface area contributed by atoms with Crippen LogP contribution in [-0.4, -0.2) is 33.9 Å². The number of carbonyl (C=O) groups is 1. The Kier molecular flexibility index (Phi) is 5.27. The van der Waals surface area contributed by atoms with Gasteiger partial charge in [0.2, 0.25) is 0 Å². The van der Waals surface area contributed by atoms with E-state index in [0.717, 1.165) is 29.8 Å². The average molecular weight is 371 g/mol. The molecular formula is C22H21N5O. The second-order valence-electron chi connectivity index (χ2n) is 6.99. The highest BCUT2D eigenvalue weighted by atomic mass is 16.1. The molecule has 1 aromatic heterocycles. The number of benzene rings is 2. The van der Waals surface area contributed by atoms with Crippen molar-refractivity contribution in [3.63, 3.8) is 0 Å². The number of para-hydroxylation sites is 1. The highest BCUT2D eigenvalue weighted by molar-refractivity contribution is 6.07. The Bertz CT molecular complexity index is 1030. The zero-order valence-electron chi connectivity index (χ0n) is 15.6. The normalized spacial score (nSPS) is 14.5. The zero-order valence-corrected chi connectivity index (χ0v) is 15.6. The van der Waals surface area contributed by atoms with Gasteiger partial charge in [0.05, 0.1) is 23.7 Å². The van der Waals surface area contributed by atoms with Crippen molar-refractivity contribution in [2.24, 2.45) is 0 Å². The predicted molar refractivity (Wildman–Crippen MR) is 108 cm³/mol. The molecule has 0 atom stereocenters. The lowest BCUT2D eigenvalue weighted by Gasteiger charge is -2.25. The van der Waals surface area contributed by atoms with Gasteiger partial charge in [0, 0.05) is 10.9 Å². The molecule has 0 unspecified atom stereocenters. The van der Waals surface area contributed by atoms with Crippen LogP contribution in [0.3, 0.4) is 0 Å². The molecule has 1 aliphatic heterocycles. The smallest absolute Gasteiger partial charge is 0.256 e. The number of nitrogens with zero attached hydrogens (tertiary/aromatic N) is 4. The minimum Gasteiger partial charge on any atom is -0.306 e. The van der Waals surface area contributed by atoms with Crippen molar-refractivity contribution in [1.82, 2.24) is 14.9 Å². The van der Waals surface area contributed by atoms with Crippen LogP contribution in [0.15, 0.2) is 48.5 Å². The second kappa shape index (κ2) is 8.15. The molecule has 140 valence electrons. The molecule has 1 N–H and O–H groups in total. The number of hydrogen-bond acceptors (Lipinski definition) is 5. The van der Waals surface area contributed by atoms with E-state index in [0.29, 0.717) is 23.5 Å². The number of aromatic nitrogens is 2. The Morgan fingerprint density at radius 2 is 1.79 bits per heavy atom. The maximum absolute atomic E-state index is 12.7. The summed E-state index contributed by atoms with van der Waals surface area (Å²) in [6.45, 7) is 2.80. The molecule has 2 heterocycles. The lowest BCUT2D eigenvalue weighted by Crippen LogP contribution is -2.30. The predicted octanol–water partition coefficient (Wildman–Crippen LogP) is 3.74. The van der Waals surface area contributed by atoms with Crippen LogP contribution in [0.2, 0.25) is 0 Å². The fourth-order valence-electron chi connectivity index (χ4n) is 3.48. The largest absolute Gasteiger partial charge is 0.306 e. The first-order valence-corrected chi connectivity index (χ1v) is 9.52. The lowest BCUT2D eigenvalue weighted by atomic mass is 10.1. The van der Waals surface area contributed by atoms with Crippen molar-refractivity contribution in [2.75, 3.05) is 18.4 Å². The fourth-order valence-corrected chi connectivity index (χ4v) is 3.48. The molecule has 1 amide bonds. The van der Waals surface area contributed by atoms with Crippen LogP contribution < -0.4 is 5.32 Å². The molecule has 2 aromatic carbocycles. The van der Waals surface area contributed by atoms with Gasteiger partial charge in [-0.25, -0.2) is 9.97 Å². The molecule has 0 saturated carbocycles. The first-order chi connectivity index (χ1) is 13.7. The topological polar surface area (TPSA) is 81.9 Å². The van der Waals surface area contributed by atoms with E-state index in [1.54, 1.807) is 24.3 Å². The van der Waals surface area contributed by atoms with Gasteiger partial charge in [0.25, 0.3) is 5.91 Å². The van der Waals surface area contributed by atoms with Gasteiger partial charge < -0.3 is 5.32 Å². The second-order valence-corrected chi connectivity index (χ2v) is 6.99. The van der Waals surface area contributed by atoms with Crippen LogP contribution >= 0.6 is 0 Å². The van der Waals surface area contributed by atoms with Crippen molar-refractivity contribution in [3.8, 4) is 6.07 Å². The van der Waals surface area contributed by atoms with E-state index in [1.165, 1.54) is 19.3 Å². The summed E-state index contributed by atoms with van der Waals surface area (Å²) in [6.07, 6.45) is 3.69. The molecule has 1 aliphatic rings. The van der Waals surface area contributed by atoms with Crippen molar-refractivity contribution >= 4 is 22.6 Å². The molecule has 4 rings (SSSR count). The van der Waals surface area contributed by atoms with Crippen molar-refractivity contribution in [1.29, 1.82) is 5.26 Å². The summed E-state index contributed by atoms with van der Waals surface area (Å²) < 4.78 is 0. The summed E-state index contributed by atoms with van der Waals surface area (Å²) in [5, 5.41) is 12.7. The van der Waals surface area contributed by atoms with E-state index >= 15 is 0 Å². The van der Waals surface area contributed by atoms with Gasteiger partial charge in [-0.2, -0.15) is 5.26 Å². The van der Waals surface area contributed by atoms with Crippen LogP contribution in [0.5, 0.6) is 0 Å². The molecule has 0 spiro atoms. The number of anilines is 1. The first kappa shape index (κ1) is 18.1. The molecule has 0 radical (unpaired) electrons. The van der Waals surface area contributed by atoms with Gasteiger partial charge in [-0.1, -0.05) is 18.6 Å². The molecule has 6 heteroatoms. The van der Waals surface area contributed by atoms with Crippen molar-refractivity contribution in [3.05, 3.63) is 65.5 Å². The zero-order chi connectivity index (χ0) is 19.3. The molecule has 1 saturated heterocycles. The maximum atomic E-state index is 12.7. The van der Waals surface area contributed by atoms with E-state index in [2.05, 4.69) is 21.3 Å². The number of nitrogens with one attached hydrogen (secondary N) is 1. The number of fused-ring (bicyclic) bond motifs is 1. The SMILES string of the molecule is N#Cc1ccc(C(=O)Nc2nc(CN3CCCCC3)nc3ccccc23)cc1. The number of hydrogen-bond donors (Lipinski definition) is 1. The summed E-state index contributed by atoms with van der Waals surface area (Å²) in [6, 6.07) is 16.3. The third-order valence-electron chi connectivity index (χ3n) is 4.97. The first-order valence-electron chi connectivity index (χ1n) is 9.52. The van der Waals surface area contributed by atoms with Crippen LogP contribution in [0, 0.1) is 11.3 Å². The molecule has 0 bridgehead atoms. The number of carbonyl (C=O) groups excluding carboxylic acids is 1. The van der Waals surface area contributed by atoms with E-state index in [-0.39, 0.29) is 5.91 Å². The van der Waals surface area contributed by atoms with Gasteiger partial charge in [-0.3, -0.25) is 9.69 Å². The third-order valence-corrected chi connectivity index (χ3v) is 4.97. The summed E-state index contributed by atoms with van der Waals surface area (Å²) in [7, 11) is 0. The third kappa shape index (κ3) is 4.00. The maximum Gasteiger partial charge on any atom is 0.256 e. The Morgan fingerprint density at radius 3 is 2.54 bits per heavy atom. The highest BCUT2D eigenvalue weighted by Crippen LogP contribution is 2.22. The number of rotatable bonds is 4. The number of likely N-dealkylation sites (tertiary alicyclic amines) is 1. The van der Waals surface area contributed by atoms with Gasteiger partial charge in [-0.05, 0) is 62.3 Å². The lowest BCUT2D eigenvalue weighted by molar-refractivity contribution is 0.102. The van der Waals surface area contributed by atoms with Crippen LogP contribution in [0.25, 0.3) is 10.9 Å². The quantitative estimate of drug-likeness (QED) is 0.755. The van der Waals surface area contributed by atoms with Gasteiger partial charge >= 0.3 is 0 Å². The summed E-state index contributed by atoms with van der Waals surface area (Å²) in [4.78, 5) is 24.4. The molecule has 6 nitrogen and oxygen atoms in total. The summed E-state index contributed by atoms with van der Waals surface area (Å²) in [5.41, 5.74) is 1.83. The molecule has 1 fully saturated rings. The minimum absolute atomic E-state index is 0.253. The molecule has 28 heavy (non-hydrogen) atoms. The van der Waals surface area contributed by atoms with Gasteiger partial charge in [0.15, 0.2) is 0 Å². The Labute approximate surface area is 163 Å². The minimum atomic E-state index is -0.253. The highest BCUT2D eigenvalue weighted by Gasteiger charge is 2.16. The van der Waals surface area contributed by atoms with Crippen molar-refractivity contribution in [2.45, 2.75) is 25.8 Å². The Morgan fingerprint density at radius 1 is 1.04 bits per heavy atom. The number of amides is 1. The number of piperidine rings is 1. The van der Waals surface area contributed by atoms with Crippen LogP contribution in [0.4, 0.5) is 5.82 Å². The number of nitriles is 1. The van der Waals surface area contributed by atoms with E-state index in [1.807, 2.05) is 24.3 Å². The Balaban J connectivity index is 1.62.